The van der Waals surface area contributed by atoms with Gasteiger partial charge in [-0.05, 0) is 31.4 Å². The Kier molecular flexibility index (Phi) is 8.77. The lowest BCUT2D eigenvalue weighted by molar-refractivity contribution is -0.192. The van der Waals surface area contributed by atoms with Gasteiger partial charge in [0.15, 0.2) is 0 Å². The molecule has 3 atom stereocenters. The second-order valence-corrected chi connectivity index (χ2v) is 7.19. The minimum absolute atomic E-state index is 0.122. The molecule has 3 rings (SSSR count). The van der Waals surface area contributed by atoms with Gasteiger partial charge in [-0.2, -0.15) is 13.2 Å². The van der Waals surface area contributed by atoms with Crippen LogP contribution < -0.4 is 16.1 Å². The van der Waals surface area contributed by atoms with Crippen LogP contribution in [0.1, 0.15) is 24.8 Å². The number of alkyl halides is 3. The van der Waals surface area contributed by atoms with Crippen molar-refractivity contribution in [3.8, 4) is 0 Å². The molecule has 2 heterocycles. The zero-order chi connectivity index (χ0) is 23.0. The maximum Gasteiger partial charge on any atom is 0.490 e. The first-order valence-electron chi connectivity index (χ1n) is 9.68. The molecule has 31 heavy (non-hydrogen) atoms. The van der Waals surface area contributed by atoms with Crippen molar-refractivity contribution in [2.45, 2.75) is 50.2 Å². The topological polar surface area (TPSA) is 131 Å². The molecule has 172 valence electrons. The third-order valence-corrected chi connectivity index (χ3v) is 4.72. The van der Waals surface area contributed by atoms with Crippen LogP contribution in [0, 0.1) is 0 Å². The van der Waals surface area contributed by atoms with Crippen molar-refractivity contribution in [1.29, 1.82) is 0 Å². The molecule has 2 fully saturated rings. The van der Waals surface area contributed by atoms with Gasteiger partial charge in [-0.1, -0.05) is 30.3 Å². The van der Waals surface area contributed by atoms with Crippen LogP contribution in [0.25, 0.3) is 0 Å². The number of nitrogens with zero attached hydrogens (tertiary/aromatic N) is 1. The zero-order valence-corrected chi connectivity index (χ0v) is 16.6. The molecular formula is C19H25F3N4O5. The van der Waals surface area contributed by atoms with E-state index in [1.54, 1.807) is 0 Å². The SMILES string of the molecule is O=C(NN(Cc1ccccc1)C(=O)[C@@H]1CCCN1)[C@@H]1C[C@@H](O)CN1.O=C(O)C(F)(F)F. The standard InChI is InChI=1S/C17H24N4O3.C2HF3O2/c22-13-9-15(19-10-13)16(23)20-21(11-12-5-2-1-3-6-12)17(24)14-7-4-8-18-14;3-2(4,5)1(6)7/h1-3,5-6,13-15,18-19,22H,4,7-11H2,(H,20,23);(H,6,7)/t13-,14+,15+;/m1./s1. The highest BCUT2D eigenvalue weighted by atomic mass is 19.4. The van der Waals surface area contributed by atoms with Crippen LogP contribution >= 0.6 is 0 Å². The quantitative estimate of drug-likeness (QED) is 0.416. The van der Waals surface area contributed by atoms with E-state index in [4.69, 9.17) is 9.90 Å². The summed E-state index contributed by atoms with van der Waals surface area (Å²) in [5.41, 5.74) is 3.68. The summed E-state index contributed by atoms with van der Waals surface area (Å²) in [6.07, 6.45) is -3.50. The molecule has 0 unspecified atom stereocenters. The van der Waals surface area contributed by atoms with E-state index in [-0.39, 0.29) is 17.9 Å². The van der Waals surface area contributed by atoms with Gasteiger partial charge in [-0.25, -0.2) is 9.80 Å². The number of carboxylic acid groups (broad SMARTS) is 1. The number of rotatable bonds is 4. The number of hydrogen-bond donors (Lipinski definition) is 5. The number of amides is 2. The third-order valence-electron chi connectivity index (χ3n) is 4.72. The Bertz CT molecular complexity index is 757. The Labute approximate surface area is 176 Å². The average molecular weight is 446 g/mol. The monoisotopic (exact) mass is 446 g/mol. The molecule has 9 nitrogen and oxygen atoms in total. The predicted octanol–water partition coefficient (Wildman–Crippen LogP) is 0.155. The minimum Gasteiger partial charge on any atom is -0.475 e. The molecule has 0 bridgehead atoms. The van der Waals surface area contributed by atoms with Crippen molar-refractivity contribution in [2.24, 2.45) is 0 Å². The first kappa shape index (κ1) is 24.6. The third kappa shape index (κ3) is 7.81. The van der Waals surface area contributed by atoms with Crippen LogP contribution in [-0.4, -0.2) is 70.5 Å². The fourth-order valence-electron chi connectivity index (χ4n) is 3.15. The van der Waals surface area contributed by atoms with Crippen LogP contribution in [0.4, 0.5) is 13.2 Å². The summed E-state index contributed by atoms with van der Waals surface area (Å²) in [6, 6.07) is 8.85. The van der Waals surface area contributed by atoms with Crippen LogP contribution in [0.2, 0.25) is 0 Å². The molecule has 2 amide bonds. The summed E-state index contributed by atoms with van der Waals surface area (Å²) in [6.45, 7) is 1.54. The van der Waals surface area contributed by atoms with Crippen LogP contribution in [0.5, 0.6) is 0 Å². The summed E-state index contributed by atoms with van der Waals surface area (Å²) >= 11 is 0. The lowest BCUT2D eigenvalue weighted by Crippen LogP contribution is -2.55. The van der Waals surface area contributed by atoms with Crippen LogP contribution in [-0.2, 0) is 20.9 Å². The number of carbonyl (C=O) groups is 3. The molecule has 0 spiro atoms. The number of carbonyl (C=O) groups excluding carboxylic acids is 2. The lowest BCUT2D eigenvalue weighted by Gasteiger charge is -2.27. The molecule has 0 aromatic heterocycles. The number of nitrogens with one attached hydrogen (secondary N) is 3. The maximum absolute atomic E-state index is 12.7. The van der Waals surface area contributed by atoms with E-state index in [0.717, 1.165) is 24.9 Å². The number of hydrogen-bond acceptors (Lipinski definition) is 6. The average Bonchev–Trinajstić information content (AvgIpc) is 3.39. The number of aliphatic hydroxyl groups excluding tert-OH is 1. The van der Waals surface area contributed by atoms with Gasteiger partial charge < -0.3 is 20.8 Å². The number of hydrazine groups is 1. The number of halogens is 3. The molecule has 1 aromatic rings. The van der Waals surface area contributed by atoms with Gasteiger partial charge in [0.1, 0.15) is 0 Å². The van der Waals surface area contributed by atoms with Crippen molar-refractivity contribution in [3.05, 3.63) is 35.9 Å². The summed E-state index contributed by atoms with van der Waals surface area (Å²) in [5.74, 6) is -3.16. The Morgan fingerprint density at radius 1 is 1.13 bits per heavy atom. The van der Waals surface area contributed by atoms with Gasteiger partial charge in [0.25, 0.3) is 11.8 Å². The van der Waals surface area contributed by atoms with E-state index in [1.165, 1.54) is 5.01 Å². The van der Waals surface area contributed by atoms with Crippen molar-refractivity contribution in [1.82, 2.24) is 21.1 Å². The number of benzene rings is 1. The lowest BCUT2D eigenvalue weighted by atomic mass is 10.1. The van der Waals surface area contributed by atoms with Gasteiger partial charge in [-0.15, -0.1) is 0 Å². The Morgan fingerprint density at radius 3 is 2.26 bits per heavy atom. The maximum atomic E-state index is 12.7. The normalized spacial score (nSPS) is 22.9. The van der Waals surface area contributed by atoms with Gasteiger partial charge in [0, 0.05) is 6.54 Å². The largest absolute Gasteiger partial charge is 0.490 e. The minimum atomic E-state index is -5.08. The van der Waals surface area contributed by atoms with Gasteiger partial charge in [0.05, 0.1) is 24.7 Å². The zero-order valence-electron chi connectivity index (χ0n) is 16.6. The highest BCUT2D eigenvalue weighted by Gasteiger charge is 2.38. The van der Waals surface area contributed by atoms with Crippen LogP contribution in [0.3, 0.4) is 0 Å². The number of aliphatic carboxylic acids is 1. The summed E-state index contributed by atoms with van der Waals surface area (Å²) in [7, 11) is 0. The van der Waals surface area contributed by atoms with Gasteiger partial charge in [0.2, 0.25) is 0 Å². The molecule has 0 radical (unpaired) electrons. The van der Waals surface area contributed by atoms with Gasteiger partial charge >= 0.3 is 12.1 Å². The number of aliphatic hydroxyl groups is 1. The highest BCUT2D eigenvalue weighted by Crippen LogP contribution is 2.13. The highest BCUT2D eigenvalue weighted by molar-refractivity contribution is 5.87. The Morgan fingerprint density at radius 2 is 1.77 bits per heavy atom. The van der Waals surface area contributed by atoms with E-state index < -0.39 is 24.3 Å². The van der Waals surface area contributed by atoms with Crippen molar-refractivity contribution >= 4 is 17.8 Å². The molecule has 5 N–H and O–H groups in total. The Hall–Kier alpha value is -2.70. The number of β-amino-alcohol motifs (C(OH)–C–C–N with tert-alkyl or cyclic N) is 1. The van der Waals surface area contributed by atoms with Crippen LogP contribution in [0.15, 0.2) is 30.3 Å². The summed E-state index contributed by atoms with van der Waals surface area (Å²) in [4.78, 5) is 34.1. The molecule has 12 heteroatoms. The number of carboxylic acids is 1. The first-order chi connectivity index (χ1) is 14.6. The molecule has 2 saturated heterocycles. The van der Waals surface area contributed by atoms with E-state index >= 15 is 0 Å². The second kappa shape index (κ2) is 11.1. The molecular weight excluding hydrogens is 421 g/mol. The van der Waals surface area contributed by atoms with E-state index in [2.05, 4.69) is 16.1 Å². The summed E-state index contributed by atoms with van der Waals surface area (Å²) in [5, 5.41) is 24.2. The van der Waals surface area contributed by atoms with Crippen molar-refractivity contribution in [2.75, 3.05) is 13.1 Å². The van der Waals surface area contributed by atoms with E-state index in [0.29, 0.717) is 19.5 Å². The van der Waals surface area contributed by atoms with E-state index in [1.807, 2.05) is 30.3 Å². The second-order valence-electron chi connectivity index (χ2n) is 7.19. The van der Waals surface area contributed by atoms with Crippen molar-refractivity contribution in [3.63, 3.8) is 0 Å². The van der Waals surface area contributed by atoms with E-state index in [9.17, 15) is 27.9 Å². The predicted molar refractivity (Wildman–Crippen MR) is 102 cm³/mol. The molecule has 2 aliphatic heterocycles. The molecule has 1 aromatic carbocycles. The fourth-order valence-corrected chi connectivity index (χ4v) is 3.15. The van der Waals surface area contributed by atoms with Gasteiger partial charge in [-0.3, -0.25) is 15.0 Å². The molecule has 0 saturated carbocycles. The molecule has 0 aliphatic carbocycles. The fraction of sp³-hybridized carbons (Fsp3) is 0.526. The summed E-state index contributed by atoms with van der Waals surface area (Å²) < 4.78 is 31.7. The smallest absolute Gasteiger partial charge is 0.475 e. The Balaban J connectivity index is 0.000000423. The van der Waals surface area contributed by atoms with Crippen molar-refractivity contribution < 1.29 is 37.8 Å². The first-order valence-corrected chi connectivity index (χ1v) is 9.68. The molecule has 2 aliphatic rings.